The number of nitrogens with one attached hydrogen (secondary N) is 1. The molecule has 110 valence electrons. The Bertz CT molecular complexity index is 644. The zero-order valence-corrected chi connectivity index (χ0v) is 11.6. The molecule has 21 heavy (non-hydrogen) atoms. The second-order valence-corrected chi connectivity index (χ2v) is 4.73. The zero-order chi connectivity index (χ0) is 15.4. The number of rotatable bonds is 4. The molecule has 0 radical (unpaired) electrons. The fourth-order valence-electron chi connectivity index (χ4n) is 2.06. The van der Waals surface area contributed by atoms with Crippen LogP contribution in [0.2, 0.25) is 0 Å². The van der Waals surface area contributed by atoms with Crippen LogP contribution in [0, 0.1) is 18.6 Å². The first-order valence-electron chi connectivity index (χ1n) is 6.55. The number of hydrogen-bond donors (Lipinski definition) is 2. The predicted molar refractivity (Wildman–Crippen MR) is 76.8 cm³/mol. The molecule has 3 N–H and O–H groups in total. The topological polar surface area (TPSA) is 55.1 Å². The van der Waals surface area contributed by atoms with E-state index in [0.29, 0.717) is 0 Å². The first-order chi connectivity index (χ1) is 10.0. The first-order valence-corrected chi connectivity index (χ1v) is 6.55. The Morgan fingerprint density at radius 2 is 1.86 bits per heavy atom. The molecule has 0 heterocycles. The number of nitrogens with two attached hydrogens (primary N) is 1. The molecule has 1 amide bonds. The fourth-order valence-corrected chi connectivity index (χ4v) is 2.06. The lowest BCUT2D eigenvalue weighted by Gasteiger charge is -2.18. The van der Waals surface area contributed by atoms with Crippen molar-refractivity contribution < 1.29 is 13.6 Å². The summed E-state index contributed by atoms with van der Waals surface area (Å²) < 4.78 is 27.6. The highest BCUT2D eigenvalue weighted by Gasteiger charge is 2.21. The Balaban J connectivity index is 2.27. The molecule has 0 aliphatic heterocycles. The lowest BCUT2D eigenvalue weighted by atomic mass is 10.1. The fraction of sp³-hybridized carbons (Fsp3) is 0.188. The van der Waals surface area contributed by atoms with Crippen LogP contribution in [0.25, 0.3) is 0 Å². The van der Waals surface area contributed by atoms with E-state index in [2.05, 4.69) is 5.32 Å². The summed E-state index contributed by atoms with van der Waals surface area (Å²) in [6, 6.07) is 10.9. The SMILES string of the molecule is Cc1ccc(F)c(C(=O)NC(CN)c2ccccc2)c1F. The van der Waals surface area contributed by atoms with Gasteiger partial charge in [-0.3, -0.25) is 4.79 Å². The third-order valence-electron chi connectivity index (χ3n) is 3.25. The molecule has 0 aliphatic carbocycles. The van der Waals surface area contributed by atoms with Crippen molar-refractivity contribution in [1.29, 1.82) is 0 Å². The molecule has 0 spiro atoms. The summed E-state index contributed by atoms with van der Waals surface area (Å²) in [5.74, 6) is -2.55. The Labute approximate surface area is 121 Å². The number of halogens is 2. The number of benzene rings is 2. The second-order valence-electron chi connectivity index (χ2n) is 4.73. The van der Waals surface area contributed by atoms with Crippen molar-refractivity contribution in [3.8, 4) is 0 Å². The van der Waals surface area contributed by atoms with Crippen LogP contribution < -0.4 is 11.1 Å². The third kappa shape index (κ3) is 3.25. The predicted octanol–water partition coefficient (Wildman–Crippen LogP) is 2.70. The van der Waals surface area contributed by atoms with Gasteiger partial charge in [-0.25, -0.2) is 8.78 Å². The Hall–Kier alpha value is -2.27. The molecule has 3 nitrogen and oxygen atoms in total. The molecule has 0 aliphatic rings. The smallest absolute Gasteiger partial charge is 0.257 e. The number of amides is 1. The second kappa shape index (κ2) is 6.45. The van der Waals surface area contributed by atoms with Crippen LogP contribution in [0.3, 0.4) is 0 Å². The molecular formula is C16H16F2N2O. The summed E-state index contributed by atoms with van der Waals surface area (Å²) in [5.41, 5.74) is 6.05. The standard InChI is InChI=1S/C16H16F2N2O/c1-10-7-8-12(17)14(15(10)18)16(21)20-13(9-19)11-5-3-2-4-6-11/h2-8,13H,9,19H2,1H3,(H,20,21). The van der Waals surface area contributed by atoms with Crippen LogP contribution in [0.5, 0.6) is 0 Å². The van der Waals surface area contributed by atoms with Gasteiger partial charge in [-0.2, -0.15) is 0 Å². The highest BCUT2D eigenvalue weighted by atomic mass is 19.1. The molecule has 5 heteroatoms. The van der Waals surface area contributed by atoms with Crippen molar-refractivity contribution >= 4 is 5.91 Å². The van der Waals surface area contributed by atoms with E-state index in [-0.39, 0.29) is 12.1 Å². The van der Waals surface area contributed by atoms with Crippen molar-refractivity contribution in [3.63, 3.8) is 0 Å². The van der Waals surface area contributed by atoms with Crippen LogP contribution in [0.15, 0.2) is 42.5 Å². The molecule has 1 unspecified atom stereocenters. The van der Waals surface area contributed by atoms with Gasteiger partial charge in [0.2, 0.25) is 0 Å². The third-order valence-corrected chi connectivity index (χ3v) is 3.25. The van der Waals surface area contributed by atoms with Crippen molar-refractivity contribution in [3.05, 3.63) is 70.8 Å². The van der Waals surface area contributed by atoms with E-state index in [0.717, 1.165) is 11.6 Å². The molecule has 1 atom stereocenters. The average Bonchev–Trinajstić information content (AvgIpc) is 2.50. The quantitative estimate of drug-likeness (QED) is 0.909. The molecule has 2 aromatic rings. The summed E-state index contributed by atoms with van der Waals surface area (Å²) in [7, 11) is 0. The molecule has 0 aromatic heterocycles. The summed E-state index contributed by atoms with van der Waals surface area (Å²) in [5, 5.41) is 2.56. The average molecular weight is 290 g/mol. The minimum absolute atomic E-state index is 0.130. The molecular weight excluding hydrogens is 274 g/mol. The van der Waals surface area contributed by atoms with Crippen molar-refractivity contribution in [2.45, 2.75) is 13.0 Å². The van der Waals surface area contributed by atoms with E-state index in [1.54, 1.807) is 24.3 Å². The lowest BCUT2D eigenvalue weighted by Crippen LogP contribution is -2.34. The van der Waals surface area contributed by atoms with E-state index < -0.39 is 29.1 Å². The maximum Gasteiger partial charge on any atom is 0.257 e. The Kier molecular flexibility index (Phi) is 4.65. The van der Waals surface area contributed by atoms with Gasteiger partial charge < -0.3 is 11.1 Å². The van der Waals surface area contributed by atoms with Gasteiger partial charge >= 0.3 is 0 Å². The Morgan fingerprint density at radius 1 is 1.19 bits per heavy atom. The lowest BCUT2D eigenvalue weighted by molar-refractivity contribution is 0.0929. The largest absolute Gasteiger partial charge is 0.344 e. The number of aryl methyl sites for hydroxylation is 1. The van der Waals surface area contributed by atoms with Crippen LogP contribution in [-0.4, -0.2) is 12.5 Å². The van der Waals surface area contributed by atoms with Crippen molar-refractivity contribution in [2.24, 2.45) is 5.73 Å². The summed E-state index contributed by atoms with van der Waals surface area (Å²) >= 11 is 0. The van der Waals surface area contributed by atoms with Crippen LogP contribution in [-0.2, 0) is 0 Å². The molecule has 0 saturated carbocycles. The van der Waals surface area contributed by atoms with Gasteiger partial charge in [0.15, 0.2) is 0 Å². The van der Waals surface area contributed by atoms with Crippen LogP contribution in [0.1, 0.15) is 27.5 Å². The number of carbonyl (C=O) groups is 1. The monoisotopic (exact) mass is 290 g/mol. The molecule has 2 aromatic carbocycles. The van der Waals surface area contributed by atoms with Crippen LogP contribution in [0.4, 0.5) is 8.78 Å². The van der Waals surface area contributed by atoms with E-state index in [1.165, 1.54) is 13.0 Å². The minimum Gasteiger partial charge on any atom is -0.344 e. The van der Waals surface area contributed by atoms with E-state index in [9.17, 15) is 13.6 Å². The van der Waals surface area contributed by atoms with Gasteiger partial charge in [-0.15, -0.1) is 0 Å². The minimum atomic E-state index is -0.889. The summed E-state index contributed by atoms with van der Waals surface area (Å²) in [6.07, 6.45) is 0. The molecule has 0 bridgehead atoms. The van der Waals surface area contributed by atoms with Gasteiger partial charge in [-0.1, -0.05) is 36.4 Å². The first kappa shape index (κ1) is 15.1. The van der Waals surface area contributed by atoms with Gasteiger partial charge in [0.1, 0.15) is 17.2 Å². The zero-order valence-electron chi connectivity index (χ0n) is 11.6. The van der Waals surface area contributed by atoms with Gasteiger partial charge in [0.05, 0.1) is 6.04 Å². The van der Waals surface area contributed by atoms with Crippen molar-refractivity contribution in [1.82, 2.24) is 5.32 Å². The molecule has 0 fully saturated rings. The Morgan fingerprint density at radius 3 is 2.48 bits per heavy atom. The maximum atomic E-state index is 13.9. The maximum absolute atomic E-state index is 13.9. The number of carbonyl (C=O) groups excluding carboxylic acids is 1. The van der Waals surface area contributed by atoms with Gasteiger partial charge in [0.25, 0.3) is 5.91 Å². The number of hydrogen-bond acceptors (Lipinski definition) is 2. The van der Waals surface area contributed by atoms with E-state index in [1.807, 2.05) is 6.07 Å². The normalized spacial score (nSPS) is 12.0. The highest BCUT2D eigenvalue weighted by Crippen LogP contribution is 2.18. The van der Waals surface area contributed by atoms with E-state index >= 15 is 0 Å². The summed E-state index contributed by atoms with van der Waals surface area (Å²) in [4.78, 5) is 12.1. The molecule has 2 rings (SSSR count). The highest BCUT2D eigenvalue weighted by molar-refractivity contribution is 5.95. The molecule has 0 saturated heterocycles. The van der Waals surface area contributed by atoms with Crippen LogP contribution >= 0.6 is 0 Å². The van der Waals surface area contributed by atoms with E-state index in [4.69, 9.17) is 5.73 Å². The van der Waals surface area contributed by atoms with Gasteiger partial charge in [-0.05, 0) is 24.1 Å². The summed E-state index contributed by atoms with van der Waals surface area (Å²) in [6.45, 7) is 1.61. The van der Waals surface area contributed by atoms with Crippen molar-refractivity contribution in [2.75, 3.05) is 6.54 Å². The van der Waals surface area contributed by atoms with Gasteiger partial charge in [0, 0.05) is 6.54 Å².